The monoisotopic (exact) mass is 517 g/mol. The lowest BCUT2D eigenvalue weighted by atomic mass is 10.1. The van der Waals surface area contributed by atoms with Crippen LogP contribution in [0.4, 0.5) is 9.59 Å². The SMILES string of the molecule is CNC(=O)CCCCCCCNC(=O)NCCCC[C@H](NC(=O)N[C@@H](CCC(=O)O)C(=O)O)C(=O)O. The highest BCUT2D eigenvalue weighted by molar-refractivity contribution is 5.86. The van der Waals surface area contributed by atoms with Gasteiger partial charge >= 0.3 is 30.0 Å². The van der Waals surface area contributed by atoms with Crippen molar-refractivity contribution in [2.75, 3.05) is 20.1 Å². The maximum absolute atomic E-state index is 12.0. The fourth-order valence-corrected chi connectivity index (χ4v) is 3.15. The number of unbranched alkanes of at least 4 members (excludes halogenated alkanes) is 5. The average Bonchev–Trinajstić information content (AvgIpc) is 2.81. The number of carbonyl (C=O) groups is 6. The number of amides is 5. The molecule has 0 heterocycles. The molecule has 0 fully saturated rings. The van der Waals surface area contributed by atoms with Crippen molar-refractivity contribution in [1.82, 2.24) is 26.6 Å². The number of hydrogen-bond donors (Lipinski definition) is 8. The maximum Gasteiger partial charge on any atom is 0.326 e. The molecule has 0 aliphatic heterocycles. The molecule has 36 heavy (non-hydrogen) atoms. The summed E-state index contributed by atoms with van der Waals surface area (Å²) in [4.78, 5) is 67.9. The van der Waals surface area contributed by atoms with Crippen LogP contribution in [0.5, 0.6) is 0 Å². The molecule has 14 heteroatoms. The van der Waals surface area contributed by atoms with E-state index in [0.717, 1.165) is 32.1 Å². The average molecular weight is 518 g/mol. The highest BCUT2D eigenvalue weighted by Crippen LogP contribution is 2.05. The molecule has 0 saturated heterocycles. The Balaban J connectivity index is 4.02. The number of carboxylic acid groups (broad SMARTS) is 3. The minimum absolute atomic E-state index is 0.0347. The summed E-state index contributed by atoms with van der Waals surface area (Å²) < 4.78 is 0. The van der Waals surface area contributed by atoms with Crippen molar-refractivity contribution in [2.45, 2.75) is 82.7 Å². The summed E-state index contributed by atoms with van der Waals surface area (Å²) >= 11 is 0. The smallest absolute Gasteiger partial charge is 0.326 e. The van der Waals surface area contributed by atoms with Crippen molar-refractivity contribution in [3.05, 3.63) is 0 Å². The topological polar surface area (TPSA) is 223 Å². The molecular formula is C22H39N5O9. The molecule has 0 aromatic rings. The van der Waals surface area contributed by atoms with Crippen LogP contribution >= 0.6 is 0 Å². The Morgan fingerprint density at radius 3 is 1.64 bits per heavy atom. The van der Waals surface area contributed by atoms with Gasteiger partial charge in [0, 0.05) is 33.0 Å². The molecule has 0 unspecified atom stereocenters. The highest BCUT2D eigenvalue weighted by atomic mass is 16.4. The van der Waals surface area contributed by atoms with Gasteiger partial charge in [0.2, 0.25) is 5.91 Å². The Kier molecular flexibility index (Phi) is 17.7. The lowest BCUT2D eigenvalue weighted by Crippen LogP contribution is -2.51. The minimum Gasteiger partial charge on any atom is -0.481 e. The Morgan fingerprint density at radius 2 is 1.11 bits per heavy atom. The van der Waals surface area contributed by atoms with E-state index >= 15 is 0 Å². The molecule has 14 nitrogen and oxygen atoms in total. The molecule has 2 atom stereocenters. The molecular weight excluding hydrogens is 478 g/mol. The first-order chi connectivity index (χ1) is 17.1. The van der Waals surface area contributed by atoms with Crippen molar-refractivity contribution >= 4 is 35.9 Å². The maximum atomic E-state index is 12.0. The molecule has 0 aromatic carbocycles. The summed E-state index contributed by atoms with van der Waals surface area (Å²) in [6, 6.07) is -4.09. The minimum atomic E-state index is -1.47. The summed E-state index contributed by atoms with van der Waals surface area (Å²) in [7, 11) is 1.61. The van der Waals surface area contributed by atoms with E-state index in [4.69, 9.17) is 10.2 Å². The Bertz CT molecular complexity index is 733. The van der Waals surface area contributed by atoms with E-state index in [9.17, 15) is 33.9 Å². The van der Waals surface area contributed by atoms with Gasteiger partial charge in [0.1, 0.15) is 12.1 Å². The normalized spacial score (nSPS) is 12.0. The molecule has 0 aliphatic rings. The van der Waals surface area contributed by atoms with Crippen LogP contribution in [0.15, 0.2) is 0 Å². The molecule has 8 N–H and O–H groups in total. The molecule has 0 saturated carbocycles. The second-order valence-electron chi connectivity index (χ2n) is 8.20. The van der Waals surface area contributed by atoms with E-state index in [2.05, 4.69) is 26.6 Å². The quantitative estimate of drug-likeness (QED) is 0.106. The third-order valence-corrected chi connectivity index (χ3v) is 5.20. The van der Waals surface area contributed by atoms with Crippen LogP contribution in [0.3, 0.4) is 0 Å². The van der Waals surface area contributed by atoms with Crippen LogP contribution in [-0.4, -0.2) is 83.4 Å². The summed E-state index contributed by atoms with van der Waals surface area (Å²) in [6.07, 6.45) is 5.13. The Morgan fingerprint density at radius 1 is 0.611 bits per heavy atom. The second kappa shape index (κ2) is 19.7. The summed E-state index contributed by atoms with van der Waals surface area (Å²) in [5, 5.41) is 39.2. The van der Waals surface area contributed by atoms with Crippen LogP contribution < -0.4 is 26.6 Å². The summed E-state index contributed by atoms with van der Waals surface area (Å²) in [5.74, 6) is -3.92. The van der Waals surface area contributed by atoms with Crippen LogP contribution in [0, 0.1) is 0 Å². The second-order valence-corrected chi connectivity index (χ2v) is 8.20. The van der Waals surface area contributed by atoms with Crippen LogP contribution in [0.1, 0.15) is 70.6 Å². The fourth-order valence-electron chi connectivity index (χ4n) is 3.15. The van der Waals surface area contributed by atoms with Crippen molar-refractivity contribution < 1.29 is 44.1 Å². The summed E-state index contributed by atoms with van der Waals surface area (Å²) in [5.41, 5.74) is 0. The third-order valence-electron chi connectivity index (χ3n) is 5.20. The standard InChI is InChI=1S/C22H39N5O9/c1-23-17(28)10-5-3-2-4-7-13-24-21(35)25-14-8-6-9-15(19(31)32)26-22(36)27-16(20(33)34)11-12-18(29)30/h15-16H,2-14H2,1H3,(H,23,28)(H,29,30)(H,31,32)(H,33,34)(H2,24,25,35)(H2,26,27,36)/t15-,16-/m0/s1. The van der Waals surface area contributed by atoms with E-state index in [1.807, 2.05) is 0 Å². The van der Waals surface area contributed by atoms with Gasteiger partial charge in [-0.05, 0) is 38.5 Å². The molecule has 5 amide bonds. The molecule has 0 aromatic heterocycles. The Labute approximate surface area is 210 Å². The summed E-state index contributed by atoms with van der Waals surface area (Å²) in [6.45, 7) is 0.825. The number of nitrogens with one attached hydrogen (secondary N) is 5. The van der Waals surface area contributed by atoms with Crippen LogP contribution in [0.2, 0.25) is 0 Å². The molecule has 0 aliphatic carbocycles. The van der Waals surface area contributed by atoms with E-state index in [-0.39, 0.29) is 24.8 Å². The zero-order valence-electron chi connectivity index (χ0n) is 20.6. The van der Waals surface area contributed by atoms with Crippen LogP contribution in [0.25, 0.3) is 0 Å². The Hall–Kier alpha value is -3.58. The van der Waals surface area contributed by atoms with Crippen molar-refractivity contribution in [3.63, 3.8) is 0 Å². The van der Waals surface area contributed by atoms with Gasteiger partial charge in [-0.2, -0.15) is 0 Å². The molecule has 0 bridgehead atoms. The van der Waals surface area contributed by atoms with Crippen LogP contribution in [-0.2, 0) is 19.2 Å². The lowest BCUT2D eigenvalue weighted by Gasteiger charge is -2.18. The predicted octanol–water partition coefficient (Wildman–Crippen LogP) is 0.613. The van der Waals surface area contributed by atoms with E-state index in [1.54, 1.807) is 7.05 Å². The number of carbonyl (C=O) groups excluding carboxylic acids is 3. The zero-order valence-corrected chi connectivity index (χ0v) is 20.6. The lowest BCUT2D eigenvalue weighted by molar-refractivity contribution is -0.140. The molecule has 0 rings (SSSR count). The fraction of sp³-hybridized carbons (Fsp3) is 0.727. The van der Waals surface area contributed by atoms with Gasteiger partial charge in [-0.1, -0.05) is 19.3 Å². The van der Waals surface area contributed by atoms with E-state index in [0.29, 0.717) is 32.4 Å². The van der Waals surface area contributed by atoms with Gasteiger partial charge in [0.25, 0.3) is 0 Å². The highest BCUT2D eigenvalue weighted by Gasteiger charge is 2.24. The van der Waals surface area contributed by atoms with Gasteiger partial charge in [-0.3, -0.25) is 9.59 Å². The zero-order chi connectivity index (χ0) is 27.3. The number of rotatable bonds is 20. The largest absolute Gasteiger partial charge is 0.481 e. The molecule has 0 radical (unpaired) electrons. The van der Waals surface area contributed by atoms with Gasteiger partial charge in [-0.15, -0.1) is 0 Å². The first-order valence-corrected chi connectivity index (χ1v) is 12.0. The third kappa shape index (κ3) is 17.8. The van der Waals surface area contributed by atoms with Gasteiger partial charge < -0.3 is 41.9 Å². The predicted molar refractivity (Wildman–Crippen MR) is 128 cm³/mol. The number of aliphatic carboxylic acids is 3. The van der Waals surface area contributed by atoms with E-state index < -0.39 is 42.4 Å². The van der Waals surface area contributed by atoms with Gasteiger partial charge in [0.15, 0.2) is 0 Å². The molecule has 0 spiro atoms. The van der Waals surface area contributed by atoms with E-state index in [1.165, 1.54) is 0 Å². The van der Waals surface area contributed by atoms with Gasteiger partial charge in [0.05, 0.1) is 0 Å². The van der Waals surface area contributed by atoms with Gasteiger partial charge in [-0.25, -0.2) is 19.2 Å². The number of urea groups is 2. The number of carboxylic acids is 3. The number of hydrogen-bond acceptors (Lipinski definition) is 6. The molecule has 206 valence electrons. The first kappa shape index (κ1) is 32.4. The van der Waals surface area contributed by atoms with Crippen molar-refractivity contribution in [2.24, 2.45) is 0 Å². The van der Waals surface area contributed by atoms with Crippen molar-refractivity contribution in [1.29, 1.82) is 0 Å². The first-order valence-electron chi connectivity index (χ1n) is 12.0. The van der Waals surface area contributed by atoms with Crippen molar-refractivity contribution in [3.8, 4) is 0 Å².